The highest BCUT2D eigenvalue weighted by Gasteiger charge is 2.52. The van der Waals surface area contributed by atoms with Gasteiger partial charge in [0.05, 0.1) is 26.4 Å². The van der Waals surface area contributed by atoms with Gasteiger partial charge in [-0.1, -0.05) is 112 Å². The van der Waals surface area contributed by atoms with Gasteiger partial charge in [-0.2, -0.15) is 0 Å². The van der Waals surface area contributed by atoms with E-state index >= 15 is 0 Å². The van der Waals surface area contributed by atoms with Gasteiger partial charge < -0.3 is 28.1 Å². The van der Waals surface area contributed by atoms with Crippen molar-refractivity contribution in [3.8, 4) is 0 Å². The monoisotopic (exact) mass is 672 g/mol. The first kappa shape index (κ1) is 35.7. The molecular weight excluding hydrogens is 625 g/mol. The van der Waals surface area contributed by atoms with Crippen LogP contribution in [0.5, 0.6) is 0 Å². The van der Waals surface area contributed by atoms with Crippen LogP contribution in [0.3, 0.4) is 0 Å². The molecule has 2 heterocycles. The number of hydrogen-bond acceptors (Lipinski definition) is 8. The van der Waals surface area contributed by atoms with Crippen molar-refractivity contribution in [2.45, 2.75) is 89.2 Å². The minimum atomic E-state index is -2.37. The molecule has 1 aliphatic heterocycles. The van der Waals surface area contributed by atoms with Crippen LogP contribution < -0.4 is 0 Å². The van der Waals surface area contributed by atoms with Gasteiger partial charge in [-0.25, -0.2) is 14.3 Å². The fraction of sp³-hybridized carbons (Fsp3) is 0.421. The maximum Gasteiger partial charge on any atom is 0.419 e. The molecule has 9 nitrogen and oxygen atoms in total. The molecule has 0 spiro atoms. The molecule has 0 amide bonds. The van der Waals surface area contributed by atoms with Crippen molar-refractivity contribution >= 4 is 14.4 Å². The fourth-order valence-electron chi connectivity index (χ4n) is 5.31. The molecule has 48 heavy (non-hydrogen) atoms. The topological polar surface area (TPSA) is 90.3 Å². The summed E-state index contributed by atoms with van der Waals surface area (Å²) >= 11 is 0. The molecule has 5 atom stereocenters. The minimum absolute atomic E-state index is 0.0658. The summed E-state index contributed by atoms with van der Waals surface area (Å²) in [5.74, 6) is 0. The number of rotatable bonds is 14. The molecule has 4 aromatic rings. The number of hydrogen-bond donors (Lipinski definition) is 0. The zero-order valence-electron chi connectivity index (χ0n) is 28.6. The lowest BCUT2D eigenvalue weighted by molar-refractivity contribution is -0.262. The van der Waals surface area contributed by atoms with Crippen LogP contribution in [0.25, 0.3) is 0 Å². The molecule has 1 aliphatic rings. The molecule has 0 bridgehead atoms. The van der Waals surface area contributed by atoms with Gasteiger partial charge in [0.2, 0.25) is 0 Å². The van der Waals surface area contributed by atoms with Gasteiger partial charge in [-0.15, -0.1) is 0 Å². The summed E-state index contributed by atoms with van der Waals surface area (Å²) in [7, 11) is -2.37. The normalized spacial score (nSPS) is 21.6. The number of carbonyl (C=O) groups excluding carboxylic acids is 1. The Kier molecular flexibility index (Phi) is 12.4. The molecular formula is C38H48N2O7Si. The number of imidazole rings is 1. The predicted molar refractivity (Wildman–Crippen MR) is 186 cm³/mol. The van der Waals surface area contributed by atoms with Crippen LogP contribution in [0.1, 0.15) is 37.5 Å². The van der Waals surface area contributed by atoms with Crippen molar-refractivity contribution in [3.05, 3.63) is 126 Å². The minimum Gasteiger partial charge on any atom is -0.446 e. The second-order valence-corrected chi connectivity index (χ2v) is 18.4. The summed E-state index contributed by atoms with van der Waals surface area (Å²) in [5.41, 5.74) is 3.09. The summed E-state index contributed by atoms with van der Waals surface area (Å²) < 4.78 is 40.9. The van der Waals surface area contributed by atoms with Crippen LogP contribution in [-0.4, -0.2) is 67.7 Å². The van der Waals surface area contributed by atoms with E-state index in [2.05, 4.69) is 38.8 Å². The molecule has 0 saturated carbocycles. The first-order chi connectivity index (χ1) is 23.1. The Morgan fingerprint density at radius 3 is 1.79 bits per heavy atom. The molecule has 0 N–H and O–H groups in total. The van der Waals surface area contributed by atoms with E-state index in [1.54, 1.807) is 6.20 Å². The van der Waals surface area contributed by atoms with E-state index in [1.807, 2.05) is 91.0 Å². The van der Waals surface area contributed by atoms with Gasteiger partial charge in [0.1, 0.15) is 43.5 Å². The third-order valence-corrected chi connectivity index (χ3v) is 13.5. The number of carbonyl (C=O) groups is 1. The third kappa shape index (κ3) is 9.71. The molecule has 0 aliphatic carbocycles. The lowest BCUT2D eigenvalue weighted by Gasteiger charge is -2.50. The average molecular weight is 673 g/mol. The van der Waals surface area contributed by atoms with Crippen molar-refractivity contribution in [1.29, 1.82) is 0 Å². The van der Waals surface area contributed by atoms with E-state index in [-0.39, 0.29) is 18.3 Å². The largest absolute Gasteiger partial charge is 0.446 e. The molecule has 1 saturated heterocycles. The highest BCUT2D eigenvalue weighted by atomic mass is 28.4. The molecule has 4 unspecified atom stereocenters. The standard InChI is InChI=1S/C38H48N2O7Si/c1-38(2,3)48(4,5)47-35-32(26-42-23-29-15-9-6-10-16-29)46-33(27-45-37(41)40-22-21-39-28-40)34(43-24-30-17-11-7-12-18-30)36(35)44-25-31-19-13-8-14-20-31/h6-22,28,32-36H,23-27H2,1-5H3/t32?,33-,34?,35?,36?/m0/s1. The van der Waals surface area contributed by atoms with Gasteiger partial charge in [-0.3, -0.25) is 0 Å². The zero-order valence-corrected chi connectivity index (χ0v) is 29.6. The second-order valence-electron chi connectivity index (χ2n) is 13.6. The Bertz CT molecular complexity index is 1520. The van der Waals surface area contributed by atoms with Gasteiger partial charge in [0.25, 0.3) is 0 Å². The molecule has 3 aromatic carbocycles. The fourth-order valence-corrected chi connectivity index (χ4v) is 6.62. The summed E-state index contributed by atoms with van der Waals surface area (Å²) in [6.07, 6.45) is 0.987. The third-order valence-electron chi connectivity index (χ3n) is 9.02. The zero-order chi connectivity index (χ0) is 34.0. The first-order valence-corrected chi connectivity index (χ1v) is 19.4. The Hall–Kier alpha value is -3.64. The molecule has 256 valence electrons. The van der Waals surface area contributed by atoms with E-state index in [0.717, 1.165) is 16.7 Å². The molecule has 0 radical (unpaired) electrons. The molecule has 1 aromatic heterocycles. The van der Waals surface area contributed by atoms with Gasteiger partial charge in [0.15, 0.2) is 8.32 Å². The first-order valence-electron chi connectivity index (χ1n) is 16.5. The van der Waals surface area contributed by atoms with Crippen LogP contribution >= 0.6 is 0 Å². The summed E-state index contributed by atoms with van der Waals surface area (Å²) in [5, 5.41) is -0.0794. The van der Waals surface area contributed by atoms with Crippen LogP contribution in [0, 0.1) is 0 Å². The predicted octanol–water partition coefficient (Wildman–Crippen LogP) is 7.41. The Labute approximate surface area is 285 Å². The van der Waals surface area contributed by atoms with Gasteiger partial charge >= 0.3 is 6.09 Å². The number of nitrogens with zero attached hydrogens (tertiary/aromatic N) is 2. The lowest BCUT2D eigenvalue weighted by atomic mass is 9.94. The van der Waals surface area contributed by atoms with Crippen molar-refractivity contribution < 1.29 is 32.9 Å². The van der Waals surface area contributed by atoms with Crippen LogP contribution in [0.15, 0.2) is 110 Å². The Morgan fingerprint density at radius 2 is 1.27 bits per heavy atom. The number of benzene rings is 3. The summed E-state index contributed by atoms with van der Waals surface area (Å²) in [6, 6.07) is 30.0. The van der Waals surface area contributed by atoms with Gasteiger partial charge in [0, 0.05) is 12.4 Å². The summed E-state index contributed by atoms with van der Waals surface area (Å²) in [6.45, 7) is 12.3. The molecule has 1 fully saturated rings. The lowest BCUT2D eigenvalue weighted by Crippen LogP contribution is -2.64. The number of ether oxygens (including phenoxy) is 5. The molecule has 5 rings (SSSR count). The van der Waals surface area contributed by atoms with Crippen molar-refractivity contribution in [2.24, 2.45) is 0 Å². The maximum atomic E-state index is 12.9. The Morgan fingerprint density at radius 1 is 0.750 bits per heavy atom. The van der Waals surface area contributed by atoms with Crippen LogP contribution in [0.2, 0.25) is 18.1 Å². The SMILES string of the molecule is CC(C)(C)[Si](C)(C)OC1C(COCc2ccccc2)O[C@@H](COC(=O)n2ccnc2)C(OCc2ccccc2)C1OCc1ccccc1. The quantitative estimate of drug-likeness (QED) is 0.128. The van der Waals surface area contributed by atoms with Gasteiger partial charge in [-0.05, 0) is 34.8 Å². The van der Waals surface area contributed by atoms with E-state index in [0.29, 0.717) is 19.8 Å². The van der Waals surface area contributed by atoms with Crippen LogP contribution in [0.4, 0.5) is 4.79 Å². The molecule has 10 heteroatoms. The number of aromatic nitrogens is 2. The second kappa shape index (κ2) is 16.6. The van der Waals surface area contributed by atoms with E-state index in [1.165, 1.54) is 17.1 Å². The highest BCUT2D eigenvalue weighted by Crippen LogP contribution is 2.40. The average Bonchev–Trinajstić information content (AvgIpc) is 3.63. The summed E-state index contributed by atoms with van der Waals surface area (Å²) in [4.78, 5) is 16.9. The van der Waals surface area contributed by atoms with Crippen molar-refractivity contribution in [3.63, 3.8) is 0 Å². The maximum absolute atomic E-state index is 12.9. The Balaban J connectivity index is 1.48. The van der Waals surface area contributed by atoms with Crippen molar-refractivity contribution in [1.82, 2.24) is 9.55 Å². The van der Waals surface area contributed by atoms with E-state index in [4.69, 9.17) is 28.1 Å². The van der Waals surface area contributed by atoms with E-state index in [9.17, 15) is 4.79 Å². The smallest absolute Gasteiger partial charge is 0.419 e. The van der Waals surface area contributed by atoms with E-state index < -0.39 is 44.9 Å². The van der Waals surface area contributed by atoms with Crippen LogP contribution in [-0.2, 0) is 47.9 Å². The van der Waals surface area contributed by atoms with Crippen molar-refractivity contribution in [2.75, 3.05) is 13.2 Å². The highest BCUT2D eigenvalue weighted by molar-refractivity contribution is 6.74.